The Balaban J connectivity index is 1.88. The van der Waals surface area contributed by atoms with Crippen LogP contribution in [0.1, 0.15) is 11.1 Å². The highest BCUT2D eigenvalue weighted by Gasteiger charge is 2.13. The van der Waals surface area contributed by atoms with E-state index in [1.54, 1.807) is 0 Å². The van der Waals surface area contributed by atoms with Gasteiger partial charge in [-0.2, -0.15) is 0 Å². The van der Waals surface area contributed by atoms with Crippen molar-refractivity contribution in [1.82, 2.24) is 9.55 Å². The molecule has 2 nitrogen and oxygen atoms in total. The second-order valence-corrected chi connectivity index (χ2v) is 6.34. The van der Waals surface area contributed by atoms with Crippen molar-refractivity contribution < 1.29 is 0 Å². The van der Waals surface area contributed by atoms with E-state index in [0.717, 1.165) is 5.69 Å². The lowest BCUT2D eigenvalue weighted by atomic mass is 9.90. The maximum absolute atomic E-state index is 4.19. The second kappa shape index (κ2) is 6.40. The maximum atomic E-state index is 4.19. The molecule has 4 aromatic rings. The summed E-state index contributed by atoms with van der Waals surface area (Å²) in [6.07, 6.45) is 5.65. The summed E-state index contributed by atoms with van der Waals surface area (Å²) >= 11 is 0. The Morgan fingerprint density at radius 1 is 0.760 bits per heavy atom. The Morgan fingerprint density at radius 3 is 2.12 bits per heavy atom. The lowest BCUT2D eigenvalue weighted by molar-refractivity contribution is 1.06. The van der Waals surface area contributed by atoms with E-state index in [9.17, 15) is 0 Å². The van der Waals surface area contributed by atoms with Gasteiger partial charge in [0.2, 0.25) is 0 Å². The molecule has 0 aliphatic carbocycles. The van der Waals surface area contributed by atoms with Crippen LogP contribution in [0.4, 0.5) is 0 Å². The van der Waals surface area contributed by atoms with Gasteiger partial charge in [0, 0.05) is 18.0 Å². The Kier molecular flexibility index (Phi) is 3.95. The summed E-state index contributed by atoms with van der Waals surface area (Å²) in [6.45, 7) is 4.39. The van der Waals surface area contributed by atoms with Crippen LogP contribution < -0.4 is 0 Å². The SMILES string of the molecule is Cc1cc(-c2ccccc2)cc(C)c1-c1ccccc1-n1ccnc1. The predicted octanol–water partition coefficient (Wildman–Crippen LogP) is 5.82. The Labute approximate surface area is 148 Å². The second-order valence-electron chi connectivity index (χ2n) is 6.34. The van der Waals surface area contributed by atoms with Gasteiger partial charge in [0.25, 0.3) is 0 Å². The van der Waals surface area contributed by atoms with Crippen molar-refractivity contribution in [3.63, 3.8) is 0 Å². The molecule has 0 amide bonds. The highest BCUT2D eigenvalue weighted by molar-refractivity contribution is 5.81. The third-order valence-corrected chi connectivity index (χ3v) is 4.60. The van der Waals surface area contributed by atoms with E-state index in [2.05, 4.69) is 90.1 Å². The molecule has 0 atom stereocenters. The number of para-hydroxylation sites is 1. The first kappa shape index (κ1) is 15.4. The molecular weight excluding hydrogens is 304 g/mol. The van der Waals surface area contributed by atoms with Crippen molar-refractivity contribution in [1.29, 1.82) is 0 Å². The average Bonchev–Trinajstić information content (AvgIpc) is 3.17. The molecular formula is C23H20N2. The summed E-state index contributed by atoms with van der Waals surface area (Å²) in [5, 5.41) is 0. The number of nitrogens with zero attached hydrogens (tertiary/aromatic N) is 2. The zero-order valence-electron chi connectivity index (χ0n) is 14.5. The van der Waals surface area contributed by atoms with Gasteiger partial charge in [-0.05, 0) is 47.7 Å². The van der Waals surface area contributed by atoms with Gasteiger partial charge < -0.3 is 4.57 Å². The van der Waals surface area contributed by atoms with Gasteiger partial charge in [-0.1, -0.05) is 60.7 Å². The van der Waals surface area contributed by atoms with E-state index in [1.807, 2.05) is 18.7 Å². The number of benzene rings is 3. The predicted molar refractivity (Wildman–Crippen MR) is 104 cm³/mol. The normalized spacial score (nSPS) is 10.8. The molecule has 0 saturated heterocycles. The number of hydrogen-bond acceptors (Lipinski definition) is 1. The summed E-state index contributed by atoms with van der Waals surface area (Å²) in [6, 6.07) is 23.6. The standard InChI is InChI=1S/C23H20N2/c1-17-14-20(19-8-4-3-5-9-19)15-18(2)23(17)21-10-6-7-11-22(21)25-13-12-24-16-25/h3-16H,1-2H3. The fourth-order valence-corrected chi connectivity index (χ4v) is 3.50. The fourth-order valence-electron chi connectivity index (χ4n) is 3.50. The Bertz CT molecular complexity index is 976. The highest BCUT2D eigenvalue weighted by Crippen LogP contribution is 2.35. The smallest absolute Gasteiger partial charge is 0.0991 e. The van der Waals surface area contributed by atoms with Gasteiger partial charge in [0.1, 0.15) is 0 Å². The zero-order valence-corrected chi connectivity index (χ0v) is 14.5. The third-order valence-electron chi connectivity index (χ3n) is 4.60. The van der Waals surface area contributed by atoms with Crippen molar-refractivity contribution >= 4 is 0 Å². The molecule has 1 heterocycles. The van der Waals surface area contributed by atoms with Crippen LogP contribution in [0.3, 0.4) is 0 Å². The van der Waals surface area contributed by atoms with Crippen LogP contribution in [0, 0.1) is 13.8 Å². The van der Waals surface area contributed by atoms with Gasteiger partial charge in [-0.15, -0.1) is 0 Å². The van der Waals surface area contributed by atoms with Gasteiger partial charge >= 0.3 is 0 Å². The van der Waals surface area contributed by atoms with Crippen molar-refractivity contribution in [2.24, 2.45) is 0 Å². The first-order valence-corrected chi connectivity index (χ1v) is 8.48. The van der Waals surface area contributed by atoms with E-state index in [0.29, 0.717) is 0 Å². The highest BCUT2D eigenvalue weighted by atomic mass is 15.0. The first-order chi connectivity index (χ1) is 12.2. The minimum absolute atomic E-state index is 1.15. The van der Waals surface area contributed by atoms with Crippen LogP contribution in [-0.4, -0.2) is 9.55 Å². The van der Waals surface area contributed by atoms with Crippen LogP contribution in [0.5, 0.6) is 0 Å². The van der Waals surface area contributed by atoms with Crippen LogP contribution in [0.25, 0.3) is 27.9 Å². The Morgan fingerprint density at radius 2 is 1.44 bits per heavy atom. The van der Waals surface area contributed by atoms with Crippen LogP contribution >= 0.6 is 0 Å². The molecule has 0 radical (unpaired) electrons. The quantitative estimate of drug-likeness (QED) is 0.464. The lowest BCUT2D eigenvalue weighted by Crippen LogP contribution is -1.97. The summed E-state index contributed by atoms with van der Waals surface area (Å²) in [5.74, 6) is 0. The van der Waals surface area contributed by atoms with Gasteiger partial charge in [-0.3, -0.25) is 0 Å². The van der Waals surface area contributed by atoms with E-state index in [1.165, 1.54) is 33.4 Å². The summed E-state index contributed by atoms with van der Waals surface area (Å²) in [4.78, 5) is 4.19. The van der Waals surface area contributed by atoms with E-state index in [-0.39, 0.29) is 0 Å². The molecule has 0 N–H and O–H groups in total. The number of aromatic nitrogens is 2. The van der Waals surface area contributed by atoms with Crippen LogP contribution in [-0.2, 0) is 0 Å². The van der Waals surface area contributed by atoms with Crippen molar-refractivity contribution in [3.05, 3.63) is 96.6 Å². The molecule has 1 aromatic heterocycles. The molecule has 25 heavy (non-hydrogen) atoms. The van der Waals surface area contributed by atoms with Gasteiger partial charge in [0.05, 0.1) is 12.0 Å². The summed E-state index contributed by atoms with van der Waals surface area (Å²) < 4.78 is 2.07. The maximum Gasteiger partial charge on any atom is 0.0991 e. The summed E-state index contributed by atoms with van der Waals surface area (Å²) in [7, 11) is 0. The molecule has 0 bridgehead atoms. The molecule has 2 heteroatoms. The monoisotopic (exact) mass is 324 g/mol. The van der Waals surface area contributed by atoms with E-state index in [4.69, 9.17) is 0 Å². The number of imidazole rings is 1. The average molecular weight is 324 g/mol. The minimum atomic E-state index is 1.15. The third kappa shape index (κ3) is 2.87. The topological polar surface area (TPSA) is 17.8 Å². The molecule has 3 aromatic carbocycles. The number of aryl methyl sites for hydroxylation is 2. The van der Waals surface area contributed by atoms with E-state index < -0.39 is 0 Å². The van der Waals surface area contributed by atoms with Crippen molar-refractivity contribution in [2.75, 3.05) is 0 Å². The van der Waals surface area contributed by atoms with Crippen LogP contribution in [0.15, 0.2) is 85.5 Å². The molecule has 4 rings (SSSR count). The van der Waals surface area contributed by atoms with Gasteiger partial charge in [0.15, 0.2) is 0 Å². The Hall–Kier alpha value is -3.13. The largest absolute Gasteiger partial charge is 0.306 e. The molecule has 0 aliphatic heterocycles. The summed E-state index contributed by atoms with van der Waals surface area (Å²) in [5.41, 5.74) is 8.76. The lowest BCUT2D eigenvalue weighted by Gasteiger charge is -2.17. The first-order valence-electron chi connectivity index (χ1n) is 8.48. The molecule has 0 fully saturated rings. The zero-order chi connectivity index (χ0) is 17.2. The number of hydrogen-bond donors (Lipinski definition) is 0. The van der Waals surface area contributed by atoms with Crippen molar-refractivity contribution in [3.8, 4) is 27.9 Å². The van der Waals surface area contributed by atoms with Crippen LogP contribution in [0.2, 0.25) is 0 Å². The minimum Gasteiger partial charge on any atom is -0.306 e. The molecule has 0 spiro atoms. The molecule has 0 aliphatic rings. The molecule has 122 valence electrons. The number of rotatable bonds is 3. The molecule has 0 unspecified atom stereocenters. The van der Waals surface area contributed by atoms with Gasteiger partial charge in [-0.25, -0.2) is 4.98 Å². The van der Waals surface area contributed by atoms with Crippen molar-refractivity contribution in [2.45, 2.75) is 13.8 Å². The fraction of sp³-hybridized carbons (Fsp3) is 0.0870. The van der Waals surface area contributed by atoms with E-state index >= 15 is 0 Å². The molecule has 0 saturated carbocycles.